The van der Waals surface area contributed by atoms with E-state index in [1.165, 1.54) is 57.2 Å². The van der Waals surface area contributed by atoms with Crippen molar-refractivity contribution in [2.24, 2.45) is 0 Å². The molecule has 0 bridgehead atoms. The molecule has 3 rings (SSSR count). The minimum absolute atomic E-state index is 0.350. The van der Waals surface area contributed by atoms with Gasteiger partial charge < -0.3 is 14.6 Å². The van der Waals surface area contributed by atoms with Gasteiger partial charge in [-0.2, -0.15) is 0 Å². The number of rotatable bonds is 11. The van der Waals surface area contributed by atoms with Crippen molar-refractivity contribution in [3.8, 4) is 5.75 Å². The zero-order valence-electron chi connectivity index (χ0n) is 18.2. The van der Waals surface area contributed by atoms with Crippen LogP contribution >= 0.6 is 0 Å². The summed E-state index contributed by atoms with van der Waals surface area (Å²) in [4.78, 5) is 4.65. The Morgan fingerprint density at radius 1 is 1.10 bits per heavy atom. The van der Waals surface area contributed by atoms with Gasteiger partial charge in [0, 0.05) is 19.6 Å². The van der Waals surface area contributed by atoms with E-state index in [-0.39, 0.29) is 0 Å². The normalized spacial score (nSPS) is 20.1. The first-order valence-electron chi connectivity index (χ1n) is 11.6. The molecular weight excluding hydrogens is 364 g/mol. The number of hydrogen-bond acceptors (Lipinski definition) is 5. The van der Waals surface area contributed by atoms with Crippen LogP contribution in [0.5, 0.6) is 5.75 Å². The van der Waals surface area contributed by atoms with E-state index >= 15 is 0 Å². The third-order valence-electron chi connectivity index (χ3n) is 6.07. The number of ether oxygens (including phenoxy) is 2. The van der Waals surface area contributed by atoms with Gasteiger partial charge in [-0.05, 0) is 63.5 Å². The summed E-state index contributed by atoms with van der Waals surface area (Å²) < 4.78 is 11.9. The highest BCUT2D eigenvalue weighted by Gasteiger charge is 2.16. The number of benzene rings is 1. The minimum Gasteiger partial charge on any atom is -0.492 e. The summed E-state index contributed by atoms with van der Waals surface area (Å²) in [6, 6.07) is 8.34. The molecule has 0 amide bonds. The van der Waals surface area contributed by atoms with E-state index in [0.29, 0.717) is 19.3 Å². The molecule has 1 N–H and O–H groups in total. The van der Waals surface area contributed by atoms with E-state index in [9.17, 15) is 5.11 Å². The third kappa shape index (κ3) is 8.63. The quantitative estimate of drug-likeness (QED) is 0.609. The molecule has 1 saturated carbocycles. The summed E-state index contributed by atoms with van der Waals surface area (Å²) in [6.45, 7) is 6.03. The Hall–Kier alpha value is -1.14. The van der Waals surface area contributed by atoms with E-state index in [4.69, 9.17) is 9.47 Å². The van der Waals surface area contributed by atoms with Gasteiger partial charge in [-0.1, -0.05) is 37.8 Å². The average Bonchev–Trinajstić information content (AvgIpc) is 2.74. The Kier molecular flexibility index (Phi) is 9.74. The molecule has 5 heteroatoms. The number of likely N-dealkylation sites (N-methyl/N-ethyl adjacent to an activating group) is 1. The topological polar surface area (TPSA) is 45.2 Å². The fourth-order valence-corrected chi connectivity index (χ4v) is 4.48. The van der Waals surface area contributed by atoms with E-state index < -0.39 is 6.10 Å². The molecule has 164 valence electrons. The monoisotopic (exact) mass is 404 g/mol. The Balaban J connectivity index is 1.34. The van der Waals surface area contributed by atoms with E-state index in [1.807, 2.05) is 13.1 Å². The number of likely N-dealkylation sites (tertiary alicyclic amines) is 1. The number of aliphatic hydroxyl groups excluding tert-OH is 1. The molecule has 1 saturated heterocycles. The molecule has 1 aliphatic heterocycles. The van der Waals surface area contributed by atoms with Gasteiger partial charge in [0.05, 0.1) is 18.8 Å². The second-order valence-corrected chi connectivity index (χ2v) is 8.84. The van der Waals surface area contributed by atoms with Gasteiger partial charge in [0.2, 0.25) is 0 Å². The summed E-state index contributed by atoms with van der Waals surface area (Å²) in [5.74, 6) is 0.939. The number of piperidine rings is 1. The van der Waals surface area contributed by atoms with Crippen LogP contribution in [0.2, 0.25) is 0 Å². The summed E-state index contributed by atoms with van der Waals surface area (Å²) >= 11 is 0. The lowest BCUT2D eigenvalue weighted by Crippen LogP contribution is -2.33. The first kappa shape index (κ1) is 22.5. The highest BCUT2D eigenvalue weighted by atomic mass is 16.5. The second-order valence-electron chi connectivity index (χ2n) is 8.84. The highest BCUT2D eigenvalue weighted by molar-refractivity contribution is 5.28. The Labute approximate surface area is 177 Å². The average molecular weight is 405 g/mol. The van der Waals surface area contributed by atoms with Crippen LogP contribution in [0.1, 0.15) is 56.9 Å². The Morgan fingerprint density at radius 2 is 1.86 bits per heavy atom. The van der Waals surface area contributed by atoms with Crippen molar-refractivity contribution in [3.05, 3.63) is 29.8 Å². The molecule has 29 heavy (non-hydrogen) atoms. The molecule has 1 aliphatic carbocycles. The van der Waals surface area contributed by atoms with Crippen molar-refractivity contribution in [1.29, 1.82) is 0 Å². The van der Waals surface area contributed by atoms with Crippen molar-refractivity contribution in [3.63, 3.8) is 0 Å². The van der Waals surface area contributed by atoms with Crippen LogP contribution in [0.4, 0.5) is 0 Å². The third-order valence-corrected chi connectivity index (χ3v) is 6.07. The molecule has 0 unspecified atom stereocenters. The zero-order chi connectivity index (χ0) is 20.3. The lowest BCUT2D eigenvalue weighted by atomic mass is 9.98. The summed E-state index contributed by atoms with van der Waals surface area (Å²) in [5, 5.41) is 10.3. The van der Waals surface area contributed by atoms with Crippen molar-refractivity contribution in [1.82, 2.24) is 9.80 Å². The van der Waals surface area contributed by atoms with Crippen molar-refractivity contribution >= 4 is 0 Å². The van der Waals surface area contributed by atoms with Gasteiger partial charge in [-0.15, -0.1) is 0 Å². The van der Waals surface area contributed by atoms with Crippen LogP contribution in [-0.4, -0.2) is 73.6 Å². The van der Waals surface area contributed by atoms with Crippen molar-refractivity contribution in [2.75, 3.05) is 46.4 Å². The van der Waals surface area contributed by atoms with Gasteiger partial charge in [0.1, 0.15) is 12.4 Å². The molecule has 2 fully saturated rings. The highest BCUT2D eigenvalue weighted by Crippen LogP contribution is 2.20. The largest absolute Gasteiger partial charge is 0.492 e. The number of hydrogen-bond donors (Lipinski definition) is 1. The maximum atomic E-state index is 10.3. The smallest absolute Gasteiger partial charge is 0.119 e. The Bertz CT molecular complexity index is 571. The predicted molar refractivity (Wildman–Crippen MR) is 117 cm³/mol. The van der Waals surface area contributed by atoms with Gasteiger partial charge in [-0.3, -0.25) is 9.80 Å². The Morgan fingerprint density at radius 3 is 2.66 bits per heavy atom. The summed E-state index contributed by atoms with van der Waals surface area (Å²) in [5.41, 5.74) is 1.21. The molecule has 0 spiro atoms. The standard InChI is InChI=1S/C24H40N2O3/c1-25(19-22(27)20-29-23-10-4-2-5-11-23)18-21-9-8-12-24(17-21)28-16-15-26-13-6-3-7-14-26/h8-9,12,17,22-23,27H,2-7,10-11,13-16,18-20H2,1H3/t22-/m0/s1. The first-order valence-corrected chi connectivity index (χ1v) is 11.6. The van der Waals surface area contributed by atoms with Crippen LogP contribution < -0.4 is 4.74 Å². The van der Waals surface area contributed by atoms with Gasteiger partial charge in [-0.25, -0.2) is 0 Å². The minimum atomic E-state index is -0.439. The van der Waals surface area contributed by atoms with Crippen LogP contribution in [0, 0.1) is 0 Å². The van der Waals surface area contributed by atoms with Gasteiger partial charge >= 0.3 is 0 Å². The molecule has 1 aromatic carbocycles. The molecule has 1 aromatic rings. The van der Waals surface area contributed by atoms with Crippen molar-refractivity contribution in [2.45, 2.75) is 70.1 Å². The van der Waals surface area contributed by atoms with E-state index in [2.05, 4.69) is 28.0 Å². The first-order chi connectivity index (χ1) is 14.2. The van der Waals surface area contributed by atoms with E-state index in [0.717, 1.165) is 38.3 Å². The number of aliphatic hydroxyl groups is 1. The molecule has 2 aliphatic rings. The van der Waals surface area contributed by atoms with Gasteiger partial charge in [0.25, 0.3) is 0 Å². The van der Waals surface area contributed by atoms with Crippen LogP contribution in [0.3, 0.4) is 0 Å². The lowest BCUT2D eigenvalue weighted by Gasteiger charge is -2.26. The van der Waals surface area contributed by atoms with Crippen LogP contribution in [0.15, 0.2) is 24.3 Å². The SMILES string of the molecule is CN(Cc1cccc(OCCN2CCCCC2)c1)C[C@H](O)COC1CCCCC1. The van der Waals surface area contributed by atoms with Crippen molar-refractivity contribution < 1.29 is 14.6 Å². The van der Waals surface area contributed by atoms with Gasteiger partial charge in [0.15, 0.2) is 0 Å². The summed E-state index contributed by atoms with van der Waals surface area (Å²) in [7, 11) is 2.05. The predicted octanol–water partition coefficient (Wildman–Crippen LogP) is 3.69. The zero-order valence-corrected chi connectivity index (χ0v) is 18.2. The maximum absolute atomic E-state index is 10.3. The lowest BCUT2D eigenvalue weighted by molar-refractivity contribution is -0.0319. The molecule has 1 atom stereocenters. The van der Waals surface area contributed by atoms with Crippen LogP contribution in [-0.2, 0) is 11.3 Å². The molecule has 5 nitrogen and oxygen atoms in total. The molecule has 1 heterocycles. The fourth-order valence-electron chi connectivity index (χ4n) is 4.48. The fraction of sp³-hybridized carbons (Fsp3) is 0.750. The summed E-state index contributed by atoms with van der Waals surface area (Å²) in [6.07, 6.45) is 10.1. The second kappa shape index (κ2) is 12.5. The molecular formula is C24H40N2O3. The molecule has 0 radical (unpaired) electrons. The maximum Gasteiger partial charge on any atom is 0.119 e. The molecule has 0 aromatic heterocycles. The van der Waals surface area contributed by atoms with Crippen LogP contribution in [0.25, 0.3) is 0 Å². The van der Waals surface area contributed by atoms with E-state index in [1.54, 1.807) is 0 Å². The number of nitrogens with zero attached hydrogens (tertiary/aromatic N) is 2.